The van der Waals surface area contributed by atoms with Crippen LogP contribution in [-0.2, 0) is 47.3 Å². The molecule has 4 aromatic carbocycles. The van der Waals surface area contributed by atoms with Gasteiger partial charge in [0.2, 0.25) is 0 Å². The number of aromatic hydroxyl groups is 1. The number of hydrogen-bond donors (Lipinski definition) is 1. The summed E-state index contributed by atoms with van der Waals surface area (Å²) in [5.41, 5.74) is 13.1. The summed E-state index contributed by atoms with van der Waals surface area (Å²) in [5, 5.41) is 12.1. The highest BCUT2D eigenvalue weighted by Gasteiger charge is 2.35. The zero-order valence-corrected chi connectivity index (χ0v) is 31.7. The van der Waals surface area contributed by atoms with E-state index in [1.54, 1.807) is 0 Å². The monoisotopic (exact) mass is 658 g/mol. The van der Waals surface area contributed by atoms with Crippen LogP contribution >= 0.6 is 0 Å². The predicted octanol–water partition coefficient (Wildman–Crippen LogP) is 10.7. The third kappa shape index (κ3) is 6.21. The van der Waals surface area contributed by atoms with Gasteiger partial charge in [0.25, 0.3) is 0 Å². The van der Waals surface area contributed by atoms with Gasteiger partial charge in [0.05, 0.1) is 0 Å². The molecular formula is C45H54O4. The van der Waals surface area contributed by atoms with Crippen molar-refractivity contribution in [2.75, 3.05) is 0 Å². The molecular weight excluding hydrogens is 604 g/mol. The Labute approximate surface area is 293 Å². The number of phenolic OH excluding ortho intramolecular Hbond substituents is 1. The summed E-state index contributed by atoms with van der Waals surface area (Å²) < 4.78 is 20.7. The quantitative estimate of drug-likeness (QED) is 0.180. The standard InChI is InChI=1S/C45H54O4/c1-42(2,3)33-17-25-13-27-19-34(43(4,5)6)21-29-15-31-23-36(45(10,11)12)24-32-16-30-22-35(44(7,8)9)20-28(14-26(18-33)37(25)46)39(30)48-41(47-38(27)29)49-40(31)32/h17-24,41,46H,13-16H2,1-12H3. The van der Waals surface area contributed by atoms with Gasteiger partial charge in [0, 0.05) is 25.7 Å². The molecule has 4 aromatic rings. The van der Waals surface area contributed by atoms with E-state index in [1.807, 2.05) is 0 Å². The third-order valence-electron chi connectivity index (χ3n) is 10.6. The fraction of sp³-hybridized carbons (Fsp3) is 0.467. The van der Waals surface area contributed by atoms with Crippen molar-refractivity contribution in [2.45, 2.75) is 137 Å². The van der Waals surface area contributed by atoms with Crippen LogP contribution in [0.5, 0.6) is 23.0 Å². The Morgan fingerprint density at radius 2 is 0.592 bits per heavy atom. The van der Waals surface area contributed by atoms with E-state index in [4.69, 9.17) is 14.2 Å². The molecule has 0 radical (unpaired) electrons. The van der Waals surface area contributed by atoms with Gasteiger partial charge in [0.1, 0.15) is 23.0 Å². The van der Waals surface area contributed by atoms with Crippen LogP contribution in [0.4, 0.5) is 0 Å². The first-order chi connectivity index (χ1) is 22.6. The first-order valence-corrected chi connectivity index (χ1v) is 18.0. The van der Waals surface area contributed by atoms with Crippen molar-refractivity contribution in [2.24, 2.45) is 0 Å². The molecule has 0 spiro atoms. The van der Waals surface area contributed by atoms with Gasteiger partial charge in [-0.05, 0) is 88.4 Å². The highest BCUT2D eigenvalue weighted by molar-refractivity contribution is 5.60. The van der Waals surface area contributed by atoms with Crippen LogP contribution in [-0.4, -0.2) is 11.6 Å². The Hall–Kier alpha value is -3.92. The second-order valence-electron chi connectivity index (χ2n) is 18.9. The topological polar surface area (TPSA) is 47.9 Å². The van der Waals surface area contributed by atoms with Crippen molar-refractivity contribution in [3.8, 4) is 23.0 Å². The molecule has 6 bridgehead atoms. The van der Waals surface area contributed by atoms with Crippen LogP contribution in [0.3, 0.4) is 0 Å². The van der Waals surface area contributed by atoms with Crippen molar-refractivity contribution in [3.05, 3.63) is 115 Å². The second kappa shape index (κ2) is 11.0. The molecule has 4 nitrogen and oxygen atoms in total. The Morgan fingerprint density at radius 1 is 0.388 bits per heavy atom. The van der Waals surface area contributed by atoms with E-state index in [1.165, 1.54) is 22.3 Å². The summed E-state index contributed by atoms with van der Waals surface area (Å²) in [6, 6.07) is 18.2. The summed E-state index contributed by atoms with van der Waals surface area (Å²) in [6.07, 6.45) is 2.40. The van der Waals surface area contributed by atoms with Crippen LogP contribution in [0, 0.1) is 0 Å². The maximum absolute atomic E-state index is 12.1. The molecule has 0 saturated heterocycles. The molecule has 0 saturated carbocycles. The molecule has 49 heavy (non-hydrogen) atoms. The summed E-state index contributed by atoms with van der Waals surface area (Å²) in [4.78, 5) is 0. The molecule has 4 heteroatoms. The molecule has 3 heterocycles. The molecule has 0 fully saturated rings. The summed E-state index contributed by atoms with van der Waals surface area (Å²) >= 11 is 0. The SMILES string of the molecule is CC(C)(C)c1cc2c(O)c(c1)Cc1cc(C(C)(C)C)cc3c1OC1Oc4c(cc(C(C)(C)C)cc4Cc4cc(C(C)(C)C)cc(c4O1)C3)C2. The Balaban J connectivity index is 1.61. The molecule has 0 atom stereocenters. The minimum atomic E-state index is -0.980. The van der Waals surface area contributed by atoms with E-state index in [9.17, 15) is 5.11 Å². The van der Waals surface area contributed by atoms with Gasteiger partial charge in [-0.1, -0.05) is 132 Å². The largest absolute Gasteiger partial charge is 0.507 e. The Kier molecular flexibility index (Phi) is 7.56. The summed E-state index contributed by atoms with van der Waals surface area (Å²) in [7, 11) is 0. The van der Waals surface area contributed by atoms with Gasteiger partial charge in [0.15, 0.2) is 0 Å². The maximum atomic E-state index is 12.1. The van der Waals surface area contributed by atoms with E-state index < -0.39 is 6.48 Å². The van der Waals surface area contributed by atoms with Gasteiger partial charge in [-0.2, -0.15) is 0 Å². The normalized spacial score (nSPS) is 15.9. The second-order valence-corrected chi connectivity index (χ2v) is 18.9. The average molecular weight is 659 g/mol. The highest BCUT2D eigenvalue weighted by atomic mass is 16.8. The minimum Gasteiger partial charge on any atom is -0.507 e. The number of hydrogen-bond acceptors (Lipinski definition) is 4. The molecule has 3 aliphatic heterocycles. The lowest BCUT2D eigenvalue weighted by molar-refractivity contribution is -0.144. The first-order valence-electron chi connectivity index (χ1n) is 18.0. The van der Waals surface area contributed by atoms with E-state index >= 15 is 0 Å². The maximum Gasteiger partial charge on any atom is 0.406 e. The van der Waals surface area contributed by atoms with E-state index in [-0.39, 0.29) is 21.7 Å². The van der Waals surface area contributed by atoms with Gasteiger partial charge in [-0.15, -0.1) is 0 Å². The van der Waals surface area contributed by atoms with E-state index in [2.05, 4.69) is 132 Å². The van der Waals surface area contributed by atoms with E-state index in [0.29, 0.717) is 31.4 Å². The predicted molar refractivity (Wildman–Crippen MR) is 199 cm³/mol. The number of ether oxygens (including phenoxy) is 3. The van der Waals surface area contributed by atoms with Gasteiger partial charge >= 0.3 is 6.48 Å². The lowest BCUT2D eigenvalue weighted by Gasteiger charge is -2.35. The molecule has 0 amide bonds. The summed E-state index contributed by atoms with van der Waals surface area (Å²) in [6.45, 7) is 26.2. The van der Waals surface area contributed by atoms with Crippen molar-refractivity contribution >= 4 is 0 Å². The lowest BCUT2D eigenvalue weighted by Crippen LogP contribution is -2.35. The van der Waals surface area contributed by atoms with Crippen LogP contribution in [0.25, 0.3) is 0 Å². The zero-order valence-electron chi connectivity index (χ0n) is 31.7. The molecule has 1 N–H and O–H groups in total. The fourth-order valence-electron chi connectivity index (χ4n) is 7.45. The minimum absolute atomic E-state index is 0.0446. The van der Waals surface area contributed by atoms with Crippen molar-refractivity contribution < 1.29 is 19.3 Å². The van der Waals surface area contributed by atoms with Gasteiger partial charge in [-0.3, -0.25) is 0 Å². The molecule has 0 unspecified atom stereocenters. The number of benzene rings is 4. The zero-order chi connectivity index (χ0) is 35.4. The van der Waals surface area contributed by atoms with Crippen LogP contribution in [0.1, 0.15) is 150 Å². The van der Waals surface area contributed by atoms with Crippen LogP contribution < -0.4 is 14.2 Å². The fourth-order valence-corrected chi connectivity index (χ4v) is 7.45. The van der Waals surface area contributed by atoms with Crippen LogP contribution in [0.2, 0.25) is 0 Å². The van der Waals surface area contributed by atoms with Crippen molar-refractivity contribution in [1.82, 2.24) is 0 Å². The lowest BCUT2D eigenvalue weighted by atomic mass is 9.79. The Morgan fingerprint density at radius 3 is 0.816 bits per heavy atom. The first kappa shape index (κ1) is 33.6. The smallest absolute Gasteiger partial charge is 0.406 e. The van der Waals surface area contributed by atoms with Crippen molar-refractivity contribution in [3.63, 3.8) is 0 Å². The number of rotatable bonds is 0. The highest BCUT2D eigenvalue weighted by Crippen LogP contribution is 2.47. The number of phenols is 1. The van der Waals surface area contributed by atoms with Gasteiger partial charge < -0.3 is 19.3 Å². The molecule has 258 valence electrons. The summed E-state index contributed by atoms with van der Waals surface area (Å²) in [5.74, 6) is 2.78. The Bertz CT molecular complexity index is 1860. The van der Waals surface area contributed by atoms with Gasteiger partial charge in [-0.25, -0.2) is 0 Å². The number of fused-ring (bicyclic) bond motifs is 2. The molecule has 0 aliphatic carbocycles. The van der Waals surface area contributed by atoms with E-state index in [0.717, 1.165) is 61.8 Å². The molecule has 3 aliphatic rings. The average Bonchev–Trinajstić information content (AvgIpc) is 2.94. The molecule has 0 aromatic heterocycles. The molecule has 7 rings (SSSR count). The van der Waals surface area contributed by atoms with Crippen LogP contribution in [0.15, 0.2) is 48.5 Å². The van der Waals surface area contributed by atoms with Crippen molar-refractivity contribution in [1.29, 1.82) is 0 Å². The third-order valence-corrected chi connectivity index (χ3v) is 10.6.